The van der Waals surface area contributed by atoms with Gasteiger partial charge in [0.05, 0.1) is 21.3 Å². The molecule has 0 N–H and O–H groups in total. The lowest BCUT2D eigenvalue weighted by atomic mass is 10.1. The van der Waals surface area contributed by atoms with Crippen molar-refractivity contribution in [3.05, 3.63) is 117 Å². The van der Waals surface area contributed by atoms with Gasteiger partial charge < -0.3 is 4.42 Å². The van der Waals surface area contributed by atoms with Gasteiger partial charge in [0.25, 0.3) is 5.69 Å². The molecule has 8 nitrogen and oxygen atoms in total. The van der Waals surface area contributed by atoms with Crippen molar-refractivity contribution in [2.24, 2.45) is 4.99 Å². The molecule has 0 radical (unpaired) electrons. The summed E-state index contributed by atoms with van der Waals surface area (Å²) in [5.41, 5.74) is 0.825. The summed E-state index contributed by atoms with van der Waals surface area (Å²) in [5, 5.41) is 22.9. The minimum atomic E-state index is -0.685. The Hall–Kier alpha value is -4.59. The summed E-state index contributed by atoms with van der Waals surface area (Å²) < 4.78 is 6.07. The molecule has 0 amide bonds. The van der Waals surface area contributed by atoms with Crippen molar-refractivity contribution in [1.29, 1.82) is 0 Å². The first-order chi connectivity index (χ1) is 15.0. The van der Waals surface area contributed by atoms with Gasteiger partial charge in [-0.25, -0.2) is 4.99 Å². The molecule has 8 heteroatoms. The third kappa shape index (κ3) is 4.38. The average Bonchev–Trinajstić information content (AvgIpc) is 2.80. The van der Waals surface area contributed by atoms with Gasteiger partial charge in [0.15, 0.2) is 0 Å². The summed E-state index contributed by atoms with van der Waals surface area (Å²) in [6, 6.07) is 25.5. The fraction of sp³-hybridized carbons (Fsp3) is 0. The second-order valence-electron chi connectivity index (χ2n) is 6.58. The van der Waals surface area contributed by atoms with E-state index in [-0.39, 0.29) is 11.4 Å². The van der Waals surface area contributed by atoms with Crippen molar-refractivity contribution in [2.75, 3.05) is 0 Å². The fourth-order valence-corrected chi connectivity index (χ4v) is 3.05. The van der Waals surface area contributed by atoms with E-state index in [4.69, 9.17) is 4.42 Å². The molecule has 31 heavy (non-hydrogen) atoms. The van der Waals surface area contributed by atoms with E-state index in [1.807, 2.05) is 60.7 Å². The van der Waals surface area contributed by atoms with E-state index >= 15 is 0 Å². The zero-order chi connectivity index (χ0) is 21.8. The van der Waals surface area contributed by atoms with Crippen molar-refractivity contribution in [3.8, 4) is 22.6 Å². The molecule has 0 aliphatic rings. The van der Waals surface area contributed by atoms with Crippen LogP contribution >= 0.6 is 0 Å². The van der Waals surface area contributed by atoms with Crippen LogP contribution in [-0.2, 0) is 0 Å². The number of nitro groups is 2. The predicted molar refractivity (Wildman–Crippen MR) is 115 cm³/mol. The summed E-state index contributed by atoms with van der Waals surface area (Å²) in [5.74, 6) is 1.07. The number of hydrogen-bond donors (Lipinski definition) is 0. The monoisotopic (exact) mass is 413 g/mol. The van der Waals surface area contributed by atoms with Crippen LogP contribution in [-0.4, -0.2) is 9.85 Å². The van der Waals surface area contributed by atoms with Crippen LogP contribution in [0.25, 0.3) is 22.6 Å². The SMILES string of the molecule is O=[N+]([O-])c1ccc(N=c2cc(-c3ccccc3)oc(-c3ccccc3)c2)c([N+](=O)[O-])c1. The van der Waals surface area contributed by atoms with Crippen molar-refractivity contribution < 1.29 is 14.3 Å². The first-order valence-corrected chi connectivity index (χ1v) is 9.25. The number of benzene rings is 3. The zero-order valence-corrected chi connectivity index (χ0v) is 16.0. The molecule has 0 atom stereocenters. The molecule has 0 bridgehead atoms. The molecule has 152 valence electrons. The fourth-order valence-electron chi connectivity index (χ4n) is 3.05. The van der Waals surface area contributed by atoms with Crippen molar-refractivity contribution in [1.82, 2.24) is 0 Å². The van der Waals surface area contributed by atoms with Crippen LogP contribution in [0.3, 0.4) is 0 Å². The minimum Gasteiger partial charge on any atom is -0.456 e. The lowest BCUT2D eigenvalue weighted by molar-refractivity contribution is -0.393. The summed E-state index contributed by atoms with van der Waals surface area (Å²) in [4.78, 5) is 25.5. The lowest BCUT2D eigenvalue weighted by Gasteiger charge is -2.06. The Bertz CT molecular complexity index is 1270. The smallest absolute Gasteiger partial charge is 0.301 e. The topological polar surface area (TPSA) is 112 Å². The van der Waals surface area contributed by atoms with Gasteiger partial charge in [0, 0.05) is 29.3 Å². The van der Waals surface area contributed by atoms with Crippen LogP contribution in [0.1, 0.15) is 0 Å². The van der Waals surface area contributed by atoms with E-state index < -0.39 is 15.5 Å². The van der Waals surface area contributed by atoms with Crippen LogP contribution < -0.4 is 5.36 Å². The highest BCUT2D eigenvalue weighted by Crippen LogP contribution is 2.31. The van der Waals surface area contributed by atoms with E-state index in [2.05, 4.69) is 4.99 Å². The highest BCUT2D eigenvalue weighted by atomic mass is 16.6. The van der Waals surface area contributed by atoms with Gasteiger partial charge in [-0.1, -0.05) is 60.7 Å². The van der Waals surface area contributed by atoms with Gasteiger partial charge in [0.2, 0.25) is 0 Å². The summed E-state index contributed by atoms with van der Waals surface area (Å²) in [7, 11) is 0. The predicted octanol–water partition coefficient (Wildman–Crippen LogP) is 5.66. The number of non-ortho nitro benzene ring substituents is 1. The molecular formula is C23H15N3O5. The number of nitrogens with zero attached hydrogens (tertiary/aromatic N) is 3. The van der Waals surface area contributed by atoms with Crippen LogP contribution in [0.2, 0.25) is 0 Å². The maximum absolute atomic E-state index is 11.5. The van der Waals surface area contributed by atoms with Gasteiger partial charge in [-0.3, -0.25) is 20.2 Å². The van der Waals surface area contributed by atoms with Gasteiger partial charge in [-0.05, 0) is 6.07 Å². The van der Waals surface area contributed by atoms with Gasteiger partial charge in [0.1, 0.15) is 17.2 Å². The third-order valence-corrected chi connectivity index (χ3v) is 4.51. The van der Waals surface area contributed by atoms with E-state index in [1.165, 1.54) is 12.1 Å². The van der Waals surface area contributed by atoms with Gasteiger partial charge in [-0.2, -0.15) is 0 Å². The molecule has 0 unspecified atom stereocenters. The third-order valence-electron chi connectivity index (χ3n) is 4.51. The Morgan fingerprint density at radius 3 is 1.71 bits per heavy atom. The van der Waals surface area contributed by atoms with Crippen LogP contribution in [0, 0.1) is 20.2 Å². The Morgan fingerprint density at radius 2 is 1.23 bits per heavy atom. The molecular weight excluding hydrogens is 398 g/mol. The highest BCUT2D eigenvalue weighted by Gasteiger charge is 2.19. The average molecular weight is 413 g/mol. The molecule has 1 heterocycles. The second-order valence-corrected chi connectivity index (χ2v) is 6.58. The van der Waals surface area contributed by atoms with Crippen molar-refractivity contribution in [2.45, 2.75) is 0 Å². The lowest BCUT2D eigenvalue weighted by Crippen LogP contribution is -2.02. The molecule has 0 fully saturated rings. The Labute approximate surface area is 176 Å². The van der Waals surface area contributed by atoms with E-state index in [0.717, 1.165) is 17.2 Å². The van der Waals surface area contributed by atoms with E-state index in [0.29, 0.717) is 16.9 Å². The summed E-state index contributed by atoms with van der Waals surface area (Å²) in [6.45, 7) is 0. The molecule has 0 aliphatic heterocycles. The molecule has 0 spiro atoms. The molecule has 4 aromatic rings. The molecule has 4 rings (SSSR count). The molecule has 0 saturated carbocycles. The van der Waals surface area contributed by atoms with E-state index in [9.17, 15) is 20.2 Å². The maximum Gasteiger partial charge on any atom is 0.301 e. The van der Waals surface area contributed by atoms with Gasteiger partial charge >= 0.3 is 5.69 Å². The highest BCUT2D eigenvalue weighted by molar-refractivity contribution is 5.64. The standard InChI is InChI=1S/C23H15N3O5/c27-25(28)19-11-12-20(21(15-19)26(29)30)24-18-13-22(16-7-3-1-4-8-16)31-23(14-18)17-9-5-2-6-10-17/h1-15H. The van der Waals surface area contributed by atoms with Crippen LogP contribution in [0.5, 0.6) is 0 Å². The Balaban J connectivity index is 1.93. The van der Waals surface area contributed by atoms with E-state index in [1.54, 1.807) is 12.1 Å². The first-order valence-electron chi connectivity index (χ1n) is 9.25. The van der Waals surface area contributed by atoms with Gasteiger partial charge in [-0.15, -0.1) is 0 Å². The van der Waals surface area contributed by atoms with Crippen LogP contribution in [0.15, 0.2) is 100 Å². The normalized spacial score (nSPS) is 10.5. The minimum absolute atomic E-state index is 0.0137. The summed E-state index contributed by atoms with van der Waals surface area (Å²) in [6.07, 6.45) is 0. The maximum atomic E-state index is 11.5. The molecule has 0 aliphatic carbocycles. The first kappa shape index (κ1) is 19.7. The van der Waals surface area contributed by atoms with Crippen molar-refractivity contribution in [3.63, 3.8) is 0 Å². The van der Waals surface area contributed by atoms with Crippen molar-refractivity contribution >= 4 is 17.1 Å². The molecule has 0 saturated heterocycles. The largest absolute Gasteiger partial charge is 0.456 e. The quantitative estimate of drug-likeness (QED) is 0.309. The molecule has 1 aromatic heterocycles. The number of nitro benzene ring substituents is 2. The summed E-state index contributed by atoms with van der Waals surface area (Å²) >= 11 is 0. The Morgan fingerprint density at radius 1 is 0.677 bits per heavy atom. The Kier molecular flexibility index (Phi) is 5.35. The number of hydrogen-bond acceptors (Lipinski definition) is 6. The second kappa shape index (κ2) is 8.42. The zero-order valence-electron chi connectivity index (χ0n) is 16.0. The number of rotatable bonds is 5. The van der Waals surface area contributed by atoms with Crippen LogP contribution in [0.4, 0.5) is 17.1 Å². The molecule has 3 aromatic carbocycles.